The Morgan fingerprint density at radius 1 is 1.32 bits per heavy atom. The maximum atomic E-state index is 12.0. The van der Waals surface area contributed by atoms with Gasteiger partial charge >= 0.3 is 0 Å². The molecule has 1 atom stereocenters. The first-order valence-corrected chi connectivity index (χ1v) is 8.59. The summed E-state index contributed by atoms with van der Waals surface area (Å²) in [5.41, 5.74) is 0. The lowest BCUT2D eigenvalue weighted by molar-refractivity contribution is 0.420. The molecule has 1 aromatic rings. The molecule has 1 aliphatic rings. The molecule has 0 spiro atoms. The Balaban J connectivity index is 1.96. The van der Waals surface area contributed by atoms with Gasteiger partial charge in [0.1, 0.15) is 5.25 Å². The zero-order chi connectivity index (χ0) is 13.7. The summed E-state index contributed by atoms with van der Waals surface area (Å²) >= 11 is 0. The van der Waals surface area contributed by atoms with E-state index in [1.54, 1.807) is 0 Å². The van der Waals surface area contributed by atoms with Crippen molar-refractivity contribution in [1.29, 1.82) is 0 Å². The van der Waals surface area contributed by atoms with E-state index in [0.717, 1.165) is 32.4 Å². The molecule has 0 radical (unpaired) electrons. The average molecular weight is 287 g/mol. The Bertz CT molecular complexity index is 498. The van der Waals surface area contributed by atoms with Gasteiger partial charge in [-0.1, -0.05) is 13.3 Å². The van der Waals surface area contributed by atoms with Crippen LogP contribution in [-0.4, -0.2) is 37.5 Å². The van der Waals surface area contributed by atoms with Crippen molar-refractivity contribution in [2.45, 2.75) is 44.3 Å². The summed E-state index contributed by atoms with van der Waals surface area (Å²) in [6.45, 7) is 3.83. The molecule has 1 aromatic heterocycles. The van der Waals surface area contributed by atoms with Crippen LogP contribution in [0.5, 0.6) is 0 Å². The minimum Gasteiger partial charge on any atom is -0.424 e. The molecular formula is C12H21N3O3S. The largest absolute Gasteiger partial charge is 0.424 e. The molecule has 0 aliphatic carbocycles. The van der Waals surface area contributed by atoms with Crippen LogP contribution in [0.1, 0.15) is 49.6 Å². The average Bonchev–Trinajstić information content (AvgIpc) is 2.82. The highest BCUT2D eigenvalue weighted by Crippen LogP contribution is 2.32. The van der Waals surface area contributed by atoms with E-state index in [-0.39, 0.29) is 11.6 Å². The maximum Gasteiger partial charge on any atom is 0.234 e. The first-order valence-electron chi connectivity index (χ1n) is 6.88. The summed E-state index contributed by atoms with van der Waals surface area (Å²) in [7, 11) is -3.10. The zero-order valence-corrected chi connectivity index (χ0v) is 12.1. The lowest BCUT2D eigenvalue weighted by atomic mass is 10.2. The van der Waals surface area contributed by atoms with Gasteiger partial charge in [-0.15, -0.1) is 10.2 Å². The SMILES string of the molecule is CCCNCCc1nnc(C2CCCCS2(=O)=O)o1. The Kier molecular flexibility index (Phi) is 4.93. The quantitative estimate of drug-likeness (QED) is 0.793. The Morgan fingerprint density at radius 3 is 2.89 bits per heavy atom. The van der Waals surface area contributed by atoms with Crippen LogP contribution in [0, 0.1) is 0 Å². The fourth-order valence-corrected chi connectivity index (χ4v) is 4.05. The lowest BCUT2D eigenvalue weighted by Gasteiger charge is -2.18. The minimum atomic E-state index is -3.10. The van der Waals surface area contributed by atoms with Gasteiger partial charge in [-0.05, 0) is 25.8 Å². The van der Waals surface area contributed by atoms with Gasteiger partial charge in [0.2, 0.25) is 11.8 Å². The predicted molar refractivity (Wildman–Crippen MR) is 71.5 cm³/mol. The Morgan fingerprint density at radius 2 is 2.16 bits per heavy atom. The van der Waals surface area contributed by atoms with Crippen LogP contribution in [-0.2, 0) is 16.3 Å². The molecular weight excluding hydrogens is 266 g/mol. The first-order chi connectivity index (χ1) is 9.13. The molecule has 7 heteroatoms. The van der Waals surface area contributed by atoms with Gasteiger partial charge in [-0.25, -0.2) is 8.42 Å². The fourth-order valence-electron chi connectivity index (χ4n) is 2.23. The van der Waals surface area contributed by atoms with Crippen LogP contribution in [0.25, 0.3) is 0 Å². The second kappa shape index (κ2) is 6.47. The molecule has 1 aliphatic heterocycles. The topological polar surface area (TPSA) is 85.1 Å². The van der Waals surface area contributed by atoms with Crippen molar-refractivity contribution in [3.05, 3.63) is 11.8 Å². The van der Waals surface area contributed by atoms with Crippen LogP contribution in [0.4, 0.5) is 0 Å². The third-order valence-corrected chi connectivity index (χ3v) is 5.44. The zero-order valence-electron chi connectivity index (χ0n) is 11.3. The molecule has 1 unspecified atom stereocenters. The molecule has 1 fully saturated rings. The second-order valence-electron chi connectivity index (χ2n) is 4.89. The van der Waals surface area contributed by atoms with E-state index in [2.05, 4.69) is 22.4 Å². The van der Waals surface area contributed by atoms with E-state index in [9.17, 15) is 8.42 Å². The third kappa shape index (κ3) is 3.76. The van der Waals surface area contributed by atoms with Crippen LogP contribution >= 0.6 is 0 Å². The molecule has 0 amide bonds. The van der Waals surface area contributed by atoms with Crippen LogP contribution < -0.4 is 5.32 Å². The van der Waals surface area contributed by atoms with Crippen molar-refractivity contribution in [3.8, 4) is 0 Å². The van der Waals surface area contributed by atoms with E-state index >= 15 is 0 Å². The predicted octanol–water partition coefficient (Wildman–Crippen LogP) is 1.25. The van der Waals surface area contributed by atoms with Crippen LogP contribution in [0.2, 0.25) is 0 Å². The summed E-state index contributed by atoms with van der Waals surface area (Å²) < 4.78 is 29.4. The highest BCUT2D eigenvalue weighted by molar-refractivity contribution is 7.91. The van der Waals surface area contributed by atoms with Gasteiger partial charge in [-0.3, -0.25) is 0 Å². The number of hydrogen-bond acceptors (Lipinski definition) is 6. The highest BCUT2D eigenvalue weighted by Gasteiger charge is 2.34. The fraction of sp³-hybridized carbons (Fsp3) is 0.833. The molecule has 0 saturated carbocycles. The highest BCUT2D eigenvalue weighted by atomic mass is 32.2. The molecule has 108 valence electrons. The van der Waals surface area contributed by atoms with Crippen molar-refractivity contribution < 1.29 is 12.8 Å². The molecule has 2 rings (SSSR count). The first kappa shape index (κ1) is 14.5. The van der Waals surface area contributed by atoms with Gasteiger partial charge < -0.3 is 9.73 Å². The van der Waals surface area contributed by atoms with E-state index in [0.29, 0.717) is 18.7 Å². The minimum absolute atomic E-state index is 0.230. The molecule has 2 heterocycles. The smallest absolute Gasteiger partial charge is 0.234 e. The van der Waals surface area contributed by atoms with E-state index < -0.39 is 15.1 Å². The monoisotopic (exact) mass is 287 g/mol. The number of rotatable bonds is 6. The Hall–Kier alpha value is -0.950. The molecule has 0 aromatic carbocycles. The summed E-state index contributed by atoms with van der Waals surface area (Å²) in [5, 5.41) is 10.5. The number of sulfone groups is 1. The second-order valence-corrected chi connectivity index (χ2v) is 7.19. The number of nitrogens with zero attached hydrogens (tertiary/aromatic N) is 2. The normalized spacial score (nSPS) is 22.5. The van der Waals surface area contributed by atoms with E-state index in [4.69, 9.17) is 4.42 Å². The van der Waals surface area contributed by atoms with Crippen molar-refractivity contribution in [2.75, 3.05) is 18.8 Å². The summed E-state index contributed by atoms with van der Waals surface area (Å²) in [4.78, 5) is 0. The van der Waals surface area contributed by atoms with Gasteiger partial charge in [0.25, 0.3) is 0 Å². The molecule has 1 N–H and O–H groups in total. The number of hydrogen-bond donors (Lipinski definition) is 1. The van der Waals surface area contributed by atoms with E-state index in [1.807, 2.05) is 0 Å². The number of nitrogens with one attached hydrogen (secondary N) is 1. The van der Waals surface area contributed by atoms with Crippen molar-refractivity contribution in [3.63, 3.8) is 0 Å². The maximum absolute atomic E-state index is 12.0. The van der Waals surface area contributed by atoms with E-state index in [1.165, 1.54) is 0 Å². The van der Waals surface area contributed by atoms with Gasteiger partial charge in [0, 0.05) is 13.0 Å². The molecule has 6 nitrogen and oxygen atoms in total. The summed E-state index contributed by atoms with van der Waals surface area (Å²) in [6, 6.07) is 0. The molecule has 0 bridgehead atoms. The molecule has 1 saturated heterocycles. The van der Waals surface area contributed by atoms with Gasteiger partial charge in [-0.2, -0.15) is 0 Å². The van der Waals surface area contributed by atoms with Crippen molar-refractivity contribution >= 4 is 9.84 Å². The Labute approximate surface area is 113 Å². The van der Waals surface area contributed by atoms with Gasteiger partial charge in [0.15, 0.2) is 9.84 Å². The number of aromatic nitrogens is 2. The molecule has 19 heavy (non-hydrogen) atoms. The summed E-state index contributed by atoms with van der Waals surface area (Å²) in [6.07, 6.45) is 3.95. The summed E-state index contributed by atoms with van der Waals surface area (Å²) in [5.74, 6) is 1.01. The van der Waals surface area contributed by atoms with Crippen molar-refractivity contribution in [1.82, 2.24) is 15.5 Å². The van der Waals surface area contributed by atoms with Crippen LogP contribution in [0.3, 0.4) is 0 Å². The van der Waals surface area contributed by atoms with Crippen LogP contribution in [0.15, 0.2) is 4.42 Å². The lowest BCUT2D eigenvalue weighted by Crippen LogP contribution is -2.21. The van der Waals surface area contributed by atoms with Gasteiger partial charge in [0.05, 0.1) is 5.75 Å². The standard InChI is InChI=1S/C12H21N3O3S/c1-2-7-13-8-6-11-14-15-12(18-11)10-5-3-4-9-19(10,16)17/h10,13H,2-9H2,1H3. The third-order valence-electron chi connectivity index (χ3n) is 3.28. The van der Waals surface area contributed by atoms with Crippen molar-refractivity contribution in [2.24, 2.45) is 0 Å².